The number of hydrogen-bond donors (Lipinski definition) is 0. The van der Waals surface area contributed by atoms with Crippen molar-refractivity contribution in [1.29, 1.82) is 0 Å². The molecule has 4 heteroatoms. The van der Waals surface area contributed by atoms with Crippen LogP contribution < -0.4 is 0 Å². The number of hydrogen-bond acceptors (Lipinski definition) is 3. The lowest BCUT2D eigenvalue weighted by atomic mass is 10.1. The Morgan fingerprint density at radius 3 is 3.12 bits per heavy atom. The van der Waals surface area contributed by atoms with Crippen LogP contribution in [0.15, 0.2) is 0 Å². The predicted octanol–water partition coefficient (Wildman–Crippen LogP) is 2.53. The Morgan fingerprint density at radius 2 is 2.38 bits per heavy atom. The van der Waals surface area contributed by atoms with Gasteiger partial charge in [0.05, 0.1) is 17.2 Å². The summed E-state index contributed by atoms with van der Waals surface area (Å²) in [6, 6.07) is 0. The Balaban J connectivity index is 1.99. The Kier molecular flexibility index (Phi) is 3.59. The standard InChI is InChI=1S/C12H18N2OS/c1-3-4-5-12(15)14-7-6-10-11(8-14)16-9(2)13-10/h3-8H2,1-2H3. The van der Waals surface area contributed by atoms with E-state index in [-0.39, 0.29) is 0 Å². The number of aryl methyl sites for hydroxylation is 1. The van der Waals surface area contributed by atoms with Crippen molar-refractivity contribution in [2.45, 2.75) is 46.1 Å². The van der Waals surface area contributed by atoms with E-state index in [0.29, 0.717) is 12.3 Å². The molecule has 0 radical (unpaired) electrons. The molecule has 88 valence electrons. The first-order valence-electron chi connectivity index (χ1n) is 5.93. The topological polar surface area (TPSA) is 33.2 Å². The molecule has 1 amide bonds. The number of aromatic nitrogens is 1. The molecule has 1 aliphatic rings. The highest BCUT2D eigenvalue weighted by Crippen LogP contribution is 2.25. The quantitative estimate of drug-likeness (QED) is 0.810. The fraction of sp³-hybridized carbons (Fsp3) is 0.667. The Hall–Kier alpha value is -0.900. The summed E-state index contributed by atoms with van der Waals surface area (Å²) in [4.78, 5) is 19.6. The normalized spacial score (nSPS) is 15.0. The van der Waals surface area contributed by atoms with E-state index in [4.69, 9.17) is 0 Å². The molecule has 0 aromatic carbocycles. The lowest BCUT2D eigenvalue weighted by molar-refractivity contribution is -0.132. The fourth-order valence-electron chi connectivity index (χ4n) is 2.02. The van der Waals surface area contributed by atoms with Crippen molar-refractivity contribution >= 4 is 17.2 Å². The first-order chi connectivity index (χ1) is 7.70. The summed E-state index contributed by atoms with van der Waals surface area (Å²) in [6.45, 7) is 5.78. The molecule has 3 nitrogen and oxygen atoms in total. The predicted molar refractivity (Wildman–Crippen MR) is 65.5 cm³/mol. The minimum atomic E-state index is 0.304. The van der Waals surface area contributed by atoms with Crippen LogP contribution in [0.5, 0.6) is 0 Å². The van der Waals surface area contributed by atoms with E-state index in [1.165, 1.54) is 10.6 Å². The molecule has 1 aromatic rings. The second kappa shape index (κ2) is 4.95. The molecule has 0 spiro atoms. The first kappa shape index (κ1) is 11.6. The van der Waals surface area contributed by atoms with E-state index in [0.717, 1.165) is 37.4 Å². The zero-order valence-corrected chi connectivity index (χ0v) is 10.8. The van der Waals surface area contributed by atoms with Crippen molar-refractivity contribution in [3.8, 4) is 0 Å². The summed E-state index contributed by atoms with van der Waals surface area (Å²) in [6.07, 6.45) is 3.72. The van der Waals surface area contributed by atoms with Crippen molar-refractivity contribution in [3.63, 3.8) is 0 Å². The number of amides is 1. The fourth-order valence-corrected chi connectivity index (χ4v) is 3.02. The summed E-state index contributed by atoms with van der Waals surface area (Å²) in [5, 5.41) is 1.12. The van der Waals surface area contributed by atoms with Crippen LogP contribution in [0.3, 0.4) is 0 Å². The van der Waals surface area contributed by atoms with Crippen molar-refractivity contribution in [2.75, 3.05) is 6.54 Å². The second-order valence-corrected chi connectivity index (χ2v) is 5.56. The first-order valence-corrected chi connectivity index (χ1v) is 6.75. The van der Waals surface area contributed by atoms with Crippen molar-refractivity contribution in [3.05, 3.63) is 15.6 Å². The van der Waals surface area contributed by atoms with Gasteiger partial charge in [0, 0.05) is 24.3 Å². The molecule has 2 heterocycles. The molecule has 1 aliphatic heterocycles. The molecular formula is C12H18N2OS. The number of carbonyl (C=O) groups excluding carboxylic acids is 1. The Morgan fingerprint density at radius 1 is 1.56 bits per heavy atom. The van der Waals surface area contributed by atoms with Crippen molar-refractivity contribution in [2.24, 2.45) is 0 Å². The van der Waals surface area contributed by atoms with Gasteiger partial charge >= 0.3 is 0 Å². The van der Waals surface area contributed by atoms with Gasteiger partial charge in [0.15, 0.2) is 0 Å². The van der Waals surface area contributed by atoms with Gasteiger partial charge in [-0.15, -0.1) is 11.3 Å². The third kappa shape index (κ3) is 2.43. The number of carbonyl (C=O) groups is 1. The number of rotatable bonds is 3. The average molecular weight is 238 g/mol. The third-order valence-corrected chi connectivity index (χ3v) is 3.93. The van der Waals surface area contributed by atoms with Crippen LogP contribution in [-0.4, -0.2) is 22.3 Å². The van der Waals surface area contributed by atoms with Crippen LogP contribution in [0.4, 0.5) is 0 Å². The summed E-state index contributed by atoms with van der Waals surface area (Å²) in [5.41, 5.74) is 1.21. The van der Waals surface area contributed by atoms with E-state index in [9.17, 15) is 4.79 Å². The van der Waals surface area contributed by atoms with Crippen LogP contribution in [0.25, 0.3) is 0 Å². The largest absolute Gasteiger partial charge is 0.337 e. The zero-order valence-electron chi connectivity index (χ0n) is 9.95. The molecular weight excluding hydrogens is 220 g/mol. The highest BCUT2D eigenvalue weighted by molar-refractivity contribution is 7.11. The minimum Gasteiger partial charge on any atom is -0.337 e. The summed E-state index contributed by atoms with van der Waals surface area (Å²) in [5.74, 6) is 0.304. The van der Waals surface area contributed by atoms with Crippen LogP contribution in [0, 0.1) is 6.92 Å². The number of nitrogens with zero attached hydrogens (tertiary/aromatic N) is 2. The van der Waals surface area contributed by atoms with E-state index >= 15 is 0 Å². The molecule has 2 rings (SSSR count). The third-order valence-electron chi connectivity index (χ3n) is 2.94. The SMILES string of the molecule is CCCCC(=O)N1CCc2nc(C)sc2C1. The average Bonchev–Trinajstić information content (AvgIpc) is 2.64. The van der Waals surface area contributed by atoms with Gasteiger partial charge in [0.2, 0.25) is 5.91 Å². The Labute approximate surface area is 100 Å². The second-order valence-electron chi connectivity index (χ2n) is 4.27. The van der Waals surface area contributed by atoms with Gasteiger partial charge in [-0.3, -0.25) is 4.79 Å². The molecule has 0 saturated heterocycles. The van der Waals surface area contributed by atoms with Gasteiger partial charge in [0.25, 0.3) is 0 Å². The van der Waals surface area contributed by atoms with Crippen LogP contribution in [0.2, 0.25) is 0 Å². The highest BCUT2D eigenvalue weighted by atomic mass is 32.1. The summed E-state index contributed by atoms with van der Waals surface area (Å²) in [7, 11) is 0. The van der Waals surface area contributed by atoms with Crippen LogP contribution in [-0.2, 0) is 17.8 Å². The number of unbranched alkanes of at least 4 members (excludes halogenated alkanes) is 1. The van der Waals surface area contributed by atoms with Gasteiger partial charge in [-0.25, -0.2) is 4.98 Å². The van der Waals surface area contributed by atoms with Crippen LogP contribution in [0.1, 0.15) is 41.8 Å². The van der Waals surface area contributed by atoms with Gasteiger partial charge in [0.1, 0.15) is 0 Å². The molecule has 0 unspecified atom stereocenters. The number of thiazole rings is 1. The smallest absolute Gasteiger partial charge is 0.222 e. The maximum atomic E-state index is 11.9. The van der Waals surface area contributed by atoms with E-state index < -0.39 is 0 Å². The lowest BCUT2D eigenvalue weighted by Crippen LogP contribution is -2.35. The maximum absolute atomic E-state index is 11.9. The van der Waals surface area contributed by atoms with Gasteiger partial charge < -0.3 is 4.90 Å². The molecule has 0 saturated carbocycles. The summed E-state index contributed by atoms with van der Waals surface area (Å²) < 4.78 is 0. The van der Waals surface area contributed by atoms with E-state index in [2.05, 4.69) is 11.9 Å². The van der Waals surface area contributed by atoms with Gasteiger partial charge in [-0.05, 0) is 13.3 Å². The lowest BCUT2D eigenvalue weighted by Gasteiger charge is -2.26. The minimum absolute atomic E-state index is 0.304. The molecule has 0 fully saturated rings. The summed E-state index contributed by atoms with van der Waals surface area (Å²) >= 11 is 1.73. The molecule has 1 aromatic heterocycles. The van der Waals surface area contributed by atoms with Crippen LogP contribution >= 0.6 is 11.3 Å². The maximum Gasteiger partial charge on any atom is 0.222 e. The van der Waals surface area contributed by atoms with Crippen molar-refractivity contribution in [1.82, 2.24) is 9.88 Å². The van der Waals surface area contributed by atoms with Gasteiger partial charge in [-0.2, -0.15) is 0 Å². The zero-order chi connectivity index (χ0) is 11.5. The highest BCUT2D eigenvalue weighted by Gasteiger charge is 2.22. The Bertz CT molecular complexity index is 386. The molecule has 0 bridgehead atoms. The molecule has 16 heavy (non-hydrogen) atoms. The molecule has 0 aliphatic carbocycles. The monoisotopic (exact) mass is 238 g/mol. The number of fused-ring (bicyclic) bond motifs is 1. The van der Waals surface area contributed by atoms with Gasteiger partial charge in [-0.1, -0.05) is 13.3 Å². The van der Waals surface area contributed by atoms with E-state index in [1.807, 2.05) is 11.8 Å². The van der Waals surface area contributed by atoms with E-state index in [1.54, 1.807) is 11.3 Å². The molecule has 0 N–H and O–H groups in total. The van der Waals surface area contributed by atoms with Crippen molar-refractivity contribution < 1.29 is 4.79 Å². The molecule has 0 atom stereocenters.